The van der Waals surface area contributed by atoms with Gasteiger partial charge in [0.05, 0.1) is 6.61 Å². The third-order valence-corrected chi connectivity index (χ3v) is 6.90. The van der Waals surface area contributed by atoms with Crippen molar-refractivity contribution < 1.29 is 27.2 Å². The second kappa shape index (κ2) is 9.01. The fraction of sp³-hybridized carbons (Fsp3) is 0.429. The number of rotatable bonds is 6. The summed E-state index contributed by atoms with van der Waals surface area (Å²) in [6, 6.07) is 8.39. The Balaban J connectivity index is 1.62. The van der Waals surface area contributed by atoms with E-state index in [1.165, 1.54) is 16.4 Å². The summed E-state index contributed by atoms with van der Waals surface area (Å²) in [4.78, 5) is 24.4. The van der Waals surface area contributed by atoms with Gasteiger partial charge in [-0.2, -0.15) is 4.31 Å². The topological polar surface area (TPSA) is 106 Å². The average molecular weight is 435 g/mol. The summed E-state index contributed by atoms with van der Waals surface area (Å²) in [6.07, 6.45) is 0.808. The molecule has 162 valence electrons. The van der Waals surface area contributed by atoms with Crippen LogP contribution < -0.4 is 5.32 Å². The number of hydrogen-bond donors (Lipinski definition) is 1. The number of nitrogens with zero attached hydrogens (tertiary/aromatic N) is 1. The van der Waals surface area contributed by atoms with Crippen LogP contribution >= 0.6 is 0 Å². The van der Waals surface area contributed by atoms with Crippen molar-refractivity contribution in [3.8, 4) is 0 Å². The maximum Gasteiger partial charge on any atom is 0.374 e. The Hall–Kier alpha value is -2.65. The Labute approximate surface area is 176 Å². The maximum absolute atomic E-state index is 12.8. The zero-order valence-electron chi connectivity index (χ0n) is 17.3. The second-order valence-electron chi connectivity index (χ2n) is 7.33. The minimum atomic E-state index is -3.88. The number of anilines is 1. The van der Waals surface area contributed by atoms with Gasteiger partial charge in [-0.15, -0.1) is 0 Å². The molecule has 1 aromatic heterocycles. The molecule has 8 nitrogen and oxygen atoms in total. The highest BCUT2D eigenvalue weighted by atomic mass is 32.2. The molecule has 0 saturated carbocycles. The van der Waals surface area contributed by atoms with E-state index in [1.54, 1.807) is 6.92 Å². The highest BCUT2D eigenvalue weighted by Crippen LogP contribution is 2.27. The van der Waals surface area contributed by atoms with Gasteiger partial charge in [-0.1, -0.05) is 12.1 Å². The summed E-state index contributed by atoms with van der Waals surface area (Å²) >= 11 is 0. The first-order valence-corrected chi connectivity index (χ1v) is 11.3. The van der Waals surface area contributed by atoms with E-state index in [2.05, 4.69) is 5.32 Å². The molecule has 0 spiro atoms. The van der Waals surface area contributed by atoms with E-state index in [1.807, 2.05) is 32.0 Å². The molecule has 2 aromatic rings. The normalized spacial score (nSPS) is 15.7. The average Bonchev–Trinajstić information content (AvgIpc) is 3.22. The number of nitrogens with one attached hydrogen (secondary N) is 1. The molecule has 0 radical (unpaired) electrons. The number of carbonyl (C=O) groups excluding carboxylic acids is 2. The van der Waals surface area contributed by atoms with Crippen molar-refractivity contribution >= 4 is 27.6 Å². The van der Waals surface area contributed by atoms with Crippen LogP contribution in [0.2, 0.25) is 0 Å². The fourth-order valence-corrected chi connectivity index (χ4v) is 4.74. The van der Waals surface area contributed by atoms with E-state index < -0.39 is 16.0 Å². The molecule has 1 aromatic carbocycles. The van der Waals surface area contributed by atoms with Crippen molar-refractivity contribution in [2.75, 3.05) is 25.0 Å². The number of aryl methyl sites for hydroxylation is 2. The van der Waals surface area contributed by atoms with E-state index in [-0.39, 0.29) is 42.4 Å². The number of furan rings is 1. The highest BCUT2D eigenvalue weighted by Gasteiger charge is 2.34. The van der Waals surface area contributed by atoms with Crippen LogP contribution in [0.15, 0.2) is 39.8 Å². The van der Waals surface area contributed by atoms with Gasteiger partial charge in [0.15, 0.2) is 0 Å². The van der Waals surface area contributed by atoms with Gasteiger partial charge >= 0.3 is 5.97 Å². The smallest absolute Gasteiger partial charge is 0.374 e. The van der Waals surface area contributed by atoms with Crippen LogP contribution in [0.5, 0.6) is 0 Å². The Morgan fingerprint density at radius 3 is 2.53 bits per heavy atom. The molecule has 9 heteroatoms. The largest absolute Gasteiger partial charge is 0.460 e. The van der Waals surface area contributed by atoms with Gasteiger partial charge in [0.2, 0.25) is 16.8 Å². The molecule has 1 aliphatic rings. The number of ether oxygens (including phenoxy) is 1. The van der Waals surface area contributed by atoms with Crippen molar-refractivity contribution in [3.05, 3.63) is 47.2 Å². The number of amides is 1. The van der Waals surface area contributed by atoms with Crippen LogP contribution in [-0.2, 0) is 19.6 Å². The Kier molecular flexibility index (Phi) is 6.62. The van der Waals surface area contributed by atoms with Gasteiger partial charge in [0.1, 0.15) is 0 Å². The van der Waals surface area contributed by atoms with Gasteiger partial charge < -0.3 is 14.5 Å². The van der Waals surface area contributed by atoms with E-state index in [0.29, 0.717) is 12.8 Å². The number of sulfonamides is 1. The van der Waals surface area contributed by atoms with Crippen LogP contribution in [0.4, 0.5) is 5.69 Å². The van der Waals surface area contributed by atoms with Gasteiger partial charge in [-0.3, -0.25) is 4.79 Å². The first-order valence-electron chi connectivity index (χ1n) is 9.87. The molecule has 2 heterocycles. The molecular formula is C21H26N2O6S. The van der Waals surface area contributed by atoms with Crippen LogP contribution in [0.1, 0.15) is 41.4 Å². The lowest BCUT2D eigenvalue weighted by atomic mass is 9.97. The lowest BCUT2D eigenvalue weighted by molar-refractivity contribution is -0.120. The second-order valence-corrected chi connectivity index (χ2v) is 9.19. The van der Waals surface area contributed by atoms with Crippen molar-refractivity contribution in [2.45, 2.75) is 38.7 Å². The zero-order valence-corrected chi connectivity index (χ0v) is 18.1. The summed E-state index contributed by atoms with van der Waals surface area (Å²) in [5.41, 5.74) is 2.80. The summed E-state index contributed by atoms with van der Waals surface area (Å²) in [6.45, 7) is 6.10. The molecule has 1 aliphatic heterocycles. The van der Waals surface area contributed by atoms with Gasteiger partial charge in [-0.25, -0.2) is 13.2 Å². The SMILES string of the molecule is CCOC(=O)c1ccc(S(=O)(=O)N2CCC(C(=O)Nc3cc(C)ccc3C)CC2)o1. The van der Waals surface area contributed by atoms with Gasteiger partial charge in [-0.05, 0) is 62.9 Å². The zero-order chi connectivity index (χ0) is 21.9. The number of piperidine rings is 1. The van der Waals surface area contributed by atoms with Crippen LogP contribution in [-0.4, -0.2) is 44.3 Å². The number of carbonyl (C=O) groups is 2. The first kappa shape index (κ1) is 22.0. The van der Waals surface area contributed by atoms with Gasteiger partial charge in [0, 0.05) is 24.7 Å². The van der Waals surface area contributed by atoms with E-state index in [0.717, 1.165) is 16.8 Å². The van der Waals surface area contributed by atoms with E-state index in [9.17, 15) is 18.0 Å². The summed E-state index contributed by atoms with van der Waals surface area (Å²) in [5.74, 6) is -1.25. The maximum atomic E-state index is 12.8. The molecule has 0 unspecified atom stereocenters. The first-order chi connectivity index (χ1) is 14.2. The van der Waals surface area contributed by atoms with Crippen molar-refractivity contribution in [1.82, 2.24) is 4.31 Å². The predicted molar refractivity (Wildman–Crippen MR) is 111 cm³/mol. The third kappa shape index (κ3) is 4.73. The minimum Gasteiger partial charge on any atom is -0.460 e. The number of esters is 1. The Morgan fingerprint density at radius 2 is 1.87 bits per heavy atom. The monoisotopic (exact) mass is 434 g/mol. The predicted octanol–water partition coefficient (Wildman–Crippen LogP) is 3.11. The van der Waals surface area contributed by atoms with Crippen LogP contribution in [0.3, 0.4) is 0 Å². The number of hydrogen-bond acceptors (Lipinski definition) is 6. The Bertz CT molecular complexity index is 1040. The lowest BCUT2D eigenvalue weighted by Gasteiger charge is -2.30. The van der Waals surface area contributed by atoms with E-state index in [4.69, 9.17) is 9.15 Å². The van der Waals surface area contributed by atoms with Crippen molar-refractivity contribution in [2.24, 2.45) is 5.92 Å². The molecule has 1 saturated heterocycles. The molecular weight excluding hydrogens is 408 g/mol. The summed E-state index contributed by atoms with van der Waals surface area (Å²) < 4.78 is 36.9. The Morgan fingerprint density at radius 1 is 1.17 bits per heavy atom. The summed E-state index contributed by atoms with van der Waals surface area (Å²) in [5, 5.41) is 2.65. The molecule has 1 N–H and O–H groups in total. The van der Waals surface area contributed by atoms with Gasteiger partial charge in [0.25, 0.3) is 10.0 Å². The molecule has 30 heavy (non-hydrogen) atoms. The minimum absolute atomic E-state index is 0.108. The molecule has 1 amide bonds. The van der Waals surface area contributed by atoms with Crippen LogP contribution in [0, 0.1) is 19.8 Å². The summed E-state index contributed by atoms with van der Waals surface area (Å²) in [7, 11) is -3.88. The molecule has 0 aliphatic carbocycles. The third-order valence-electron chi connectivity index (χ3n) is 5.13. The fourth-order valence-electron chi connectivity index (χ4n) is 3.36. The molecule has 1 fully saturated rings. The van der Waals surface area contributed by atoms with Crippen LogP contribution in [0.25, 0.3) is 0 Å². The molecule has 3 rings (SSSR count). The molecule has 0 atom stereocenters. The quantitative estimate of drug-likeness (QED) is 0.700. The highest BCUT2D eigenvalue weighted by molar-refractivity contribution is 7.89. The standard InChI is InChI=1S/C21H26N2O6S/c1-4-28-21(25)18-7-8-19(29-18)30(26,27)23-11-9-16(10-12-23)20(24)22-17-13-14(2)5-6-15(17)3/h5-8,13,16H,4,9-12H2,1-3H3,(H,22,24). The van der Waals surface area contributed by atoms with Crippen molar-refractivity contribution in [3.63, 3.8) is 0 Å². The number of benzene rings is 1. The lowest BCUT2D eigenvalue weighted by Crippen LogP contribution is -2.41. The van der Waals surface area contributed by atoms with Crippen molar-refractivity contribution in [1.29, 1.82) is 0 Å². The van der Waals surface area contributed by atoms with E-state index >= 15 is 0 Å². The molecule has 0 bridgehead atoms.